The van der Waals surface area contributed by atoms with Crippen molar-refractivity contribution in [2.75, 3.05) is 5.32 Å². The van der Waals surface area contributed by atoms with Crippen LogP contribution in [0.15, 0.2) is 45.9 Å². The molecule has 4 rings (SSSR count). The second-order valence-corrected chi connectivity index (χ2v) is 6.20. The molecular weight excluding hydrogens is 332 g/mol. The molecule has 130 valence electrons. The van der Waals surface area contributed by atoms with Gasteiger partial charge in [0.2, 0.25) is 5.78 Å². The second-order valence-electron chi connectivity index (χ2n) is 6.20. The van der Waals surface area contributed by atoms with Gasteiger partial charge in [0.1, 0.15) is 11.3 Å². The normalized spacial score (nSPS) is 11.2. The lowest BCUT2D eigenvalue weighted by atomic mass is 10.1. The van der Waals surface area contributed by atoms with Gasteiger partial charge in [-0.3, -0.25) is 9.20 Å². The number of carbonyl (C=O) groups excluding carboxylic acids is 1. The minimum Gasteiger partial charge on any atom is -0.423 e. The summed E-state index contributed by atoms with van der Waals surface area (Å²) in [5, 5.41) is 3.71. The summed E-state index contributed by atoms with van der Waals surface area (Å²) in [6.07, 6.45) is 3.39. The Bertz CT molecular complexity index is 1240. The van der Waals surface area contributed by atoms with Gasteiger partial charge < -0.3 is 9.73 Å². The summed E-state index contributed by atoms with van der Waals surface area (Å²) in [6.45, 7) is 5.45. The summed E-state index contributed by atoms with van der Waals surface area (Å²) in [6, 6.07) is 6.75. The molecule has 1 aromatic carbocycles. The Morgan fingerprint density at radius 3 is 2.77 bits per heavy atom. The number of imidazole rings is 1. The maximum atomic E-state index is 12.9. The van der Waals surface area contributed by atoms with Crippen LogP contribution in [0.3, 0.4) is 0 Å². The van der Waals surface area contributed by atoms with Crippen molar-refractivity contribution in [3.8, 4) is 0 Å². The van der Waals surface area contributed by atoms with Crippen molar-refractivity contribution >= 4 is 28.3 Å². The Morgan fingerprint density at radius 2 is 1.96 bits per heavy atom. The Labute approximate surface area is 148 Å². The quantitative estimate of drug-likeness (QED) is 0.563. The monoisotopic (exact) mass is 348 g/mol. The molecule has 0 saturated heterocycles. The number of nitrogens with one attached hydrogen (secondary N) is 1. The molecule has 4 aromatic rings. The van der Waals surface area contributed by atoms with Gasteiger partial charge in [0.05, 0.1) is 5.69 Å². The molecule has 1 N–H and O–H groups in total. The highest BCUT2D eigenvalue weighted by atomic mass is 16.4. The first-order chi connectivity index (χ1) is 12.4. The van der Waals surface area contributed by atoms with Gasteiger partial charge in [-0.05, 0) is 50.1 Å². The summed E-state index contributed by atoms with van der Waals surface area (Å²) in [4.78, 5) is 32.9. The van der Waals surface area contributed by atoms with E-state index in [2.05, 4.69) is 15.3 Å². The third-order valence-electron chi connectivity index (χ3n) is 4.34. The molecule has 0 unspecified atom stereocenters. The highest BCUT2D eigenvalue weighted by molar-refractivity contribution is 6.05. The first-order valence-electron chi connectivity index (χ1n) is 8.10. The molecule has 0 atom stereocenters. The Hall–Kier alpha value is -3.48. The highest BCUT2D eigenvalue weighted by Gasteiger charge is 2.18. The Morgan fingerprint density at radius 1 is 1.15 bits per heavy atom. The fourth-order valence-electron chi connectivity index (χ4n) is 3.05. The zero-order chi connectivity index (χ0) is 18.4. The lowest BCUT2D eigenvalue weighted by Gasteiger charge is -2.11. The van der Waals surface area contributed by atoms with Crippen LogP contribution in [0.4, 0.5) is 5.69 Å². The molecule has 0 bridgehead atoms. The van der Waals surface area contributed by atoms with E-state index in [1.165, 1.54) is 6.07 Å². The number of nitrogens with zero attached hydrogens (tertiary/aromatic N) is 3. The SMILES string of the molecule is Cc1cc2oc(=O)cc(C)c2cc1NC(=O)c1c(C)nc2ncccn12. The summed E-state index contributed by atoms with van der Waals surface area (Å²) in [7, 11) is 0. The van der Waals surface area contributed by atoms with E-state index >= 15 is 0 Å². The number of aryl methyl sites for hydroxylation is 3. The predicted octanol–water partition coefficient (Wildman–Crippen LogP) is 3.01. The molecule has 7 nitrogen and oxygen atoms in total. The first-order valence-corrected chi connectivity index (χ1v) is 8.10. The average Bonchev–Trinajstić information content (AvgIpc) is 2.91. The van der Waals surface area contributed by atoms with Gasteiger partial charge in [-0.15, -0.1) is 0 Å². The van der Waals surface area contributed by atoms with Crippen LogP contribution in [0.2, 0.25) is 0 Å². The smallest absolute Gasteiger partial charge is 0.336 e. The summed E-state index contributed by atoms with van der Waals surface area (Å²) in [5.41, 5.74) is 3.38. The zero-order valence-corrected chi connectivity index (χ0v) is 14.5. The molecule has 0 aliphatic carbocycles. The number of rotatable bonds is 2. The van der Waals surface area contributed by atoms with E-state index in [-0.39, 0.29) is 11.5 Å². The molecule has 0 spiro atoms. The minimum atomic E-state index is -0.389. The lowest BCUT2D eigenvalue weighted by Crippen LogP contribution is -2.16. The molecule has 26 heavy (non-hydrogen) atoms. The third kappa shape index (κ3) is 2.54. The van der Waals surface area contributed by atoms with Crippen molar-refractivity contribution in [1.82, 2.24) is 14.4 Å². The summed E-state index contributed by atoms with van der Waals surface area (Å²) in [5.74, 6) is 0.198. The Balaban J connectivity index is 1.79. The maximum absolute atomic E-state index is 12.9. The standard InChI is InChI=1S/C19H16N4O3/c1-10-8-16(24)26-15-7-11(2)14(9-13(10)15)22-18(25)17-12(3)21-19-20-5-4-6-23(17)19/h4-9H,1-3H3,(H,22,25). The number of benzene rings is 1. The number of anilines is 1. The summed E-state index contributed by atoms with van der Waals surface area (Å²) < 4.78 is 6.90. The first kappa shape index (κ1) is 16.0. The van der Waals surface area contributed by atoms with Crippen molar-refractivity contribution in [2.45, 2.75) is 20.8 Å². The van der Waals surface area contributed by atoms with Crippen LogP contribution in [-0.4, -0.2) is 20.3 Å². The van der Waals surface area contributed by atoms with E-state index in [0.717, 1.165) is 16.5 Å². The van der Waals surface area contributed by atoms with E-state index in [1.807, 2.05) is 19.9 Å². The molecule has 3 heterocycles. The average molecular weight is 348 g/mol. The topological polar surface area (TPSA) is 89.5 Å². The van der Waals surface area contributed by atoms with E-state index < -0.39 is 0 Å². The van der Waals surface area contributed by atoms with Crippen molar-refractivity contribution in [2.24, 2.45) is 0 Å². The molecule has 0 aliphatic heterocycles. The fraction of sp³-hybridized carbons (Fsp3) is 0.158. The largest absolute Gasteiger partial charge is 0.423 e. The van der Waals surface area contributed by atoms with Crippen molar-refractivity contribution < 1.29 is 9.21 Å². The van der Waals surface area contributed by atoms with Crippen LogP contribution in [0, 0.1) is 20.8 Å². The minimum absolute atomic E-state index is 0.277. The number of hydrogen-bond donors (Lipinski definition) is 1. The van der Waals surface area contributed by atoms with Gasteiger partial charge in [0, 0.05) is 29.5 Å². The fourth-order valence-corrected chi connectivity index (χ4v) is 3.05. The number of hydrogen-bond acceptors (Lipinski definition) is 5. The molecule has 0 aliphatic rings. The third-order valence-corrected chi connectivity index (χ3v) is 4.34. The molecule has 3 aromatic heterocycles. The van der Waals surface area contributed by atoms with Gasteiger partial charge in [0.25, 0.3) is 5.91 Å². The van der Waals surface area contributed by atoms with Crippen LogP contribution in [0.25, 0.3) is 16.7 Å². The van der Waals surface area contributed by atoms with Crippen LogP contribution >= 0.6 is 0 Å². The van der Waals surface area contributed by atoms with Crippen molar-refractivity contribution in [3.05, 3.63) is 69.6 Å². The van der Waals surface area contributed by atoms with Gasteiger partial charge in [-0.25, -0.2) is 14.8 Å². The molecular formula is C19H16N4O3. The van der Waals surface area contributed by atoms with Crippen molar-refractivity contribution in [3.63, 3.8) is 0 Å². The van der Waals surface area contributed by atoms with Gasteiger partial charge >= 0.3 is 5.63 Å². The molecule has 7 heteroatoms. The van der Waals surface area contributed by atoms with Crippen LogP contribution in [0.1, 0.15) is 27.3 Å². The van der Waals surface area contributed by atoms with E-state index in [4.69, 9.17) is 4.42 Å². The molecule has 1 amide bonds. The summed E-state index contributed by atoms with van der Waals surface area (Å²) >= 11 is 0. The van der Waals surface area contributed by atoms with Crippen molar-refractivity contribution in [1.29, 1.82) is 0 Å². The highest BCUT2D eigenvalue weighted by Crippen LogP contribution is 2.25. The molecule has 0 saturated carbocycles. The predicted molar refractivity (Wildman–Crippen MR) is 97.6 cm³/mol. The van der Waals surface area contributed by atoms with E-state index in [1.54, 1.807) is 35.9 Å². The number of fused-ring (bicyclic) bond motifs is 2. The lowest BCUT2D eigenvalue weighted by molar-refractivity contribution is 0.102. The number of aromatic nitrogens is 3. The van der Waals surface area contributed by atoms with Gasteiger partial charge in [-0.1, -0.05) is 0 Å². The Kier molecular flexibility index (Phi) is 3.57. The maximum Gasteiger partial charge on any atom is 0.336 e. The van der Waals surface area contributed by atoms with E-state index in [0.29, 0.717) is 28.4 Å². The number of amides is 1. The van der Waals surface area contributed by atoms with E-state index in [9.17, 15) is 9.59 Å². The van der Waals surface area contributed by atoms with Gasteiger partial charge in [0.15, 0.2) is 0 Å². The van der Waals surface area contributed by atoms with Crippen LogP contribution < -0.4 is 10.9 Å². The molecule has 0 radical (unpaired) electrons. The second kappa shape index (κ2) is 5.80. The zero-order valence-electron chi connectivity index (χ0n) is 14.5. The van der Waals surface area contributed by atoms with Crippen LogP contribution in [-0.2, 0) is 0 Å². The van der Waals surface area contributed by atoms with Crippen LogP contribution in [0.5, 0.6) is 0 Å². The molecule has 0 fully saturated rings. The van der Waals surface area contributed by atoms with Gasteiger partial charge in [-0.2, -0.15) is 0 Å². The number of carbonyl (C=O) groups is 1.